The van der Waals surface area contributed by atoms with Crippen molar-refractivity contribution < 1.29 is 0 Å². The van der Waals surface area contributed by atoms with Gasteiger partial charge in [-0.3, -0.25) is 4.99 Å². The summed E-state index contributed by atoms with van der Waals surface area (Å²) >= 11 is 1.66. The third-order valence-electron chi connectivity index (χ3n) is 2.44. The molecule has 2 nitrogen and oxygen atoms in total. The first kappa shape index (κ1) is 7.92. The Kier molecular flexibility index (Phi) is 1.76. The molecule has 2 N–H and O–H groups in total. The van der Waals surface area contributed by atoms with Crippen LogP contribution in [0.25, 0.3) is 0 Å². The molecule has 2 atom stereocenters. The SMILES string of the molecule is CC1=C(C)C2N=C(N)SC2C=C1. The summed E-state index contributed by atoms with van der Waals surface area (Å²) < 4.78 is 0. The van der Waals surface area contributed by atoms with Crippen molar-refractivity contribution >= 4 is 16.9 Å². The van der Waals surface area contributed by atoms with Crippen molar-refractivity contribution in [3.8, 4) is 0 Å². The van der Waals surface area contributed by atoms with Gasteiger partial charge in [-0.15, -0.1) is 0 Å². The minimum Gasteiger partial charge on any atom is -0.379 e. The summed E-state index contributed by atoms with van der Waals surface area (Å²) in [5, 5.41) is 1.18. The lowest BCUT2D eigenvalue weighted by molar-refractivity contribution is 0.794. The van der Waals surface area contributed by atoms with Gasteiger partial charge in [0, 0.05) is 0 Å². The minimum absolute atomic E-state index is 0.306. The topological polar surface area (TPSA) is 38.4 Å². The van der Waals surface area contributed by atoms with Crippen molar-refractivity contribution in [1.29, 1.82) is 0 Å². The maximum absolute atomic E-state index is 5.66. The highest BCUT2D eigenvalue weighted by Gasteiger charge is 2.30. The summed E-state index contributed by atoms with van der Waals surface area (Å²) in [6.07, 6.45) is 4.36. The van der Waals surface area contributed by atoms with Gasteiger partial charge in [0.15, 0.2) is 5.17 Å². The zero-order valence-corrected chi connectivity index (χ0v) is 8.06. The third-order valence-corrected chi connectivity index (χ3v) is 3.47. The Morgan fingerprint density at radius 1 is 1.50 bits per heavy atom. The molecule has 1 aliphatic carbocycles. The average Bonchev–Trinajstić information content (AvgIpc) is 2.39. The third kappa shape index (κ3) is 1.08. The molecule has 0 aromatic carbocycles. The number of allylic oxidation sites excluding steroid dienone is 2. The number of nitrogens with zero attached hydrogens (tertiary/aromatic N) is 1. The number of hydrogen-bond donors (Lipinski definition) is 1. The second-order valence-corrected chi connectivity index (χ2v) is 4.42. The summed E-state index contributed by atoms with van der Waals surface area (Å²) in [5.41, 5.74) is 8.34. The van der Waals surface area contributed by atoms with Crippen LogP contribution in [0.1, 0.15) is 13.8 Å². The summed E-state index contributed by atoms with van der Waals surface area (Å²) in [6.45, 7) is 4.26. The van der Waals surface area contributed by atoms with E-state index in [4.69, 9.17) is 5.73 Å². The molecule has 1 aliphatic heterocycles. The van der Waals surface area contributed by atoms with Crippen molar-refractivity contribution in [3.05, 3.63) is 23.3 Å². The molecule has 12 heavy (non-hydrogen) atoms. The van der Waals surface area contributed by atoms with Crippen LogP contribution in [0.15, 0.2) is 28.3 Å². The predicted octanol–water partition coefficient (Wildman–Crippen LogP) is 1.69. The van der Waals surface area contributed by atoms with E-state index in [9.17, 15) is 0 Å². The summed E-state index contributed by atoms with van der Waals surface area (Å²) in [4.78, 5) is 4.39. The summed E-state index contributed by atoms with van der Waals surface area (Å²) in [5.74, 6) is 0. The second-order valence-electron chi connectivity index (χ2n) is 3.22. The average molecular weight is 180 g/mol. The summed E-state index contributed by atoms with van der Waals surface area (Å²) in [6, 6.07) is 0.306. The summed E-state index contributed by atoms with van der Waals surface area (Å²) in [7, 11) is 0. The molecule has 2 rings (SSSR count). The van der Waals surface area contributed by atoms with E-state index in [-0.39, 0.29) is 0 Å². The standard InChI is InChI=1S/C9H12N2S/c1-5-3-4-7-8(6(5)2)11-9(10)12-7/h3-4,7-8H,1-2H3,(H2,10,11). The quantitative estimate of drug-likeness (QED) is 0.616. The smallest absolute Gasteiger partial charge is 0.155 e. The number of rotatable bonds is 0. The molecule has 0 aromatic heterocycles. The molecule has 0 radical (unpaired) electrons. The maximum Gasteiger partial charge on any atom is 0.155 e. The molecule has 2 unspecified atom stereocenters. The predicted molar refractivity (Wildman–Crippen MR) is 54.3 cm³/mol. The second kappa shape index (κ2) is 2.66. The molecule has 1 heterocycles. The van der Waals surface area contributed by atoms with Crippen LogP contribution in [0.4, 0.5) is 0 Å². The molecule has 0 saturated carbocycles. The van der Waals surface area contributed by atoms with Crippen LogP contribution in [0.5, 0.6) is 0 Å². The maximum atomic E-state index is 5.66. The van der Waals surface area contributed by atoms with Crippen LogP contribution >= 0.6 is 11.8 Å². The highest BCUT2D eigenvalue weighted by Crippen LogP contribution is 2.34. The first-order chi connectivity index (χ1) is 5.68. The number of amidine groups is 1. The molecule has 64 valence electrons. The Bertz CT molecular complexity index is 302. The highest BCUT2D eigenvalue weighted by molar-refractivity contribution is 8.14. The van der Waals surface area contributed by atoms with Crippen molar-refractivity contribution in [1.82, 2.24) is 0 Å². The Labute approximate surface area is 76.6 Å². The Hall–Kier alpha value is -0.700. The van der Waals surface area contributed by atoms with Crippen LogP contribution in [-0.2, 0) is 0 Å². The van der Waals surface area contributed by atoms with E-state index < -0.39 is 0 Å². The van der Waals surface area contributed by atoms with Crippen LogP contribution < -0.4 is 5.73 Å². The lowest BCUT2D eigenvalue weighted by Gasteiger charge is -2.19. The minimum atomic E-state index is 0.306. The van der Waals surface area contributed by atoms with Gasteiger partial charge in [0.1, 0.15) is 0 Å². The van der Waals surface area contributed by atoms with Crippen LogP contribution in [-0.4, -0.2) is 16.5 Å². The molecule has 0 aromatic rings. The number of aliphatic imine (C=N–C) groups is 1. The highest BCUT2D eigenvalue weighted by atomic mass is 32.2. The van der Waals surface area contributed by atoms with Gasteiger partial charge in [-0.2, -0.15) is 0 Å². The number of nitrogens with two attached hydrogens (primary N) is 1. The monoisotopic (exact) mass is 180 g/mol. The fourth-order valence-corrected chi connectivity index (χ4v) is 2.54. The lowest BCUT2D eigenvalue weighted by Crippen LogP contribution is -2.20. The van der Waals surface area contributed by atoms with Crippen molar-refractivity contribution in [2.75, 3.05) is 0 Å². The number of hydrogen-bond acceptors (Lipinski definition) is 3. The van der Waals surface area contributed by atoms with Gasteiger partial charge in [0.2, 0.25) is 0 Å². The van der Waals surface area contributed by atoms with Crippen LogP contribution in [0.3, 0.4) is 0 Å². The molecular weight excluding hydrogens is 168 g/mol. The van der Waals surface area contributed by atoms with E-state index in [1.807, 2.05) is 0 Å². The molecule has 0 saturated heterocycles. The molecular formula is C9H12N2S. The van der Waals surface area contributed by atoms with E-state index in [2.05, 4.69) is 31.0 Å². The van der Waals surface area contributed by atoms with E-state index in [0.29, 0.717) is 11.3 Å². The van der Waals surface area contributed by atoms with Crippen LogP contribution in [0.2, 0.25) is 0 Å². The largest absolute Gasteiger partial charge is 0.379 e. The van der Waals surface area contributed by atoms with E-state index in [1.54, 1.807) is 11.8 Å². The first-order valence-corrected chi connectivity index (χ1v) is 4.92. The molecule has 0 amide bonds. The van der Waals surface area contributed by atoms with Crippen molar-refractivity contribution in [2.24, 2.45) is 10.7 Å². The van der Waals surface area contributed by atoms with Gasteiger partial charge in [-0.25, -0.2) is 0 Å². The first-order valence-electron chi connectivity index (χ1n) is 4.04. The fourth-order valence-electron chi connectivity index (χ4n) is 1.54. The molecule has 0 fully saturated rings. The van der Waals surface area contributed by atoms with Gasteiger partial charge in [0.25, 0.3) is 0 Å². The van der Waals surface area contributed by atoms with Gasteiger partial charge in [0.05, 0.1) is 11.3 Å². The normalized spacial score (nSPS) is 33.7. The Morgan fingerprint density at radius 3 is 3.00 bits per heavy atom. The van der Waals surface area contributed by atoms with Gasteiger partial charge < -0.3 is 5.73 Å². The molecule has 2 aliphatic rings. The van der Waals surface area contributed by atoms with E-state index in [0.717, 1.165) is 5.17 Å². The molecule has 0 spiro atoms. The van der Waals surface area contributed by atoms with Crippen molar-refractivity contribution in [2.45, 2.75) is 25.1 Å². The molecule has 3 heteroatoms. The van der Waals surface area contributed by atoms with Gasteiger partial charge in [-0.05, 0) is 19.4 Å². The van der Waals surface area contributed by atoms with E-state index >= 15 is 0 Å². The Morgan fingerprint density at radius 2 is 2.25 bits per heavy atom. The zero-order chi connectivity index (χ0) is 8.72. The fraction of sp³-hybridized carbons (Fsp3) is 0.444. The van der Waals surface area contributed by atoms with Gasteiger partial charge in [-0.1, -0.05) is 29.5 Å². The molecule has 0 bridgehead atoms. The van der Waals surface area contributed by atoms with E-state index in [1.165, 1.54) is 11.1 Å². The number of fused-ring (bicyclic) bond motifs is 1. The Balaban J connectivity index is 2.36. The number of thioether (sulfide) groups is 1. The van der Waals surface area contributed by atoms with Gasteiger partial charge >= 0.3 is 0 Å². The lowest BCUT2D eigenvalue weighted by atomic mass is 9.95. The van der Waals surface area contributed by atoms with Crippen LogP contribution in [0, 0.1) is 0 Å². The zero-order valence-electron chi connectivity index (χ0n) is 7.24. The van der Waals surface area contributed by atoms with Crippen molar-refractivity contribution in [3.63, 3.8) is 0 Å².